The average Bonchev–Trinajstić information content (AvgIpc) is 2.20. The Hall–Kier alpha value is -0.0800. The van der Waals surface area contributed by atoms with Crippen LogP contribution in [0.3, 0.4) is 0 Å². The molecule has 100 valence electrons. The van der Waals surface area contributed by atoms with Crippen LogP contribution in [0.2, 0.25) is 0 Å². The Morgan fingerprint density at radius 2 is 1.76 bits per heavy atom. The van der Waals surface area contributed by atoms with Gasteiger partial charge in [-0.15, -0.1) is 0 Å². The molecular weight excluding hydrogens is 210 g/mol. The summed E-state index contributed by atoms with van der Waals surface area (Å²) in [7, 11) is 0. The average molecular weight is 239 g/mol. The van der Waals surface area contributed by atoms with Crippen molar-refractivity contribution in [2.45, 2.75) is 71.9 Å². The summed E-state index contributed by atoms with van der Waals surface area (Å²) in [5.74, 6) is 0. The third-order valence-electron chi connectivity index (χ3n) is 4.89. The molecule has 1 aliphatic heterocycles. The summed E-state index contributed by atoms with van der Waals surface area (Å²) in [6.07, 6.45) is 6.09. The van der Waals surface area contributed by atoms with Gasteiger partial charge in [0.15, 0.2) is 0 Å². The topological polar surface area (TPSA) is 23.5 Å². The van der Waals surface area contributed by atoms with Crippen molar-refractivity contribution in [2.75, 3.05) is 13.1 Å². The van der Waals surface area contributed by atoms with Gasteiger partial charge >= 0.3 is 0 Å². The predicted molar refractivity (Wildman–Crippen MR) is 72.0 cm³/mol. The molecule has 0 aromatic heterocycles. The first-order chi connectivity index (χ1) is 7.82. The van der Waals surface area contributed by atoms with E-state index in [4.69, 9.17) is 0 Å². The number of hydrogen-bond donors (Lipinski definition) is 1. The lowest BCUT2D eigenvalue weighted by atomic mass is 9.71. The fourth-order valence-corrected chi connectivity index (χ4v) is 3.73. The van der Waals surface area contributed by atoms with Crippen molar-refractivity contribution in [3.05, 3.63) is 0 Å². The molecule has 0 aromatic rings. The summed E-state index contributed by atoms with van der Waals surface area (Å²) in [6, 6.07) is 0.401. The fraction of sp³-hybridized carbons (Fsp3) is 1.00. The van der Waals surface area contributed by atoms with E-state index in [2.05, 4.69) is 32.6 Å². The zero-order valence-corrected chi connectivity index (χ0v) is 12.0. The molecule has 2 unspecified atom stereocenters. The van der Waals surface area contributed by atoms with Crippen LogP contribution in [0.25, 0.3) is 0 Å². The molecule has 1 saturated heterocycles. The first kappa shape index (κ1) is 13.4. The lowest BCUT2D eigenvalue weighted by Gasteiger charge is -2.49. The van der Waals surface area contributed by atoms with E-state index in [0.29, 0.717) is 11.5 Å². The lowest BCUT2D eigenvalue weighted by Crippen LogP contribution is -2.56. The molecule has 0 bridgehead atoms. The first-order valence-corrected chi connectivity index (χ1v) is 7.24. The Balaban J connectivity index is 2.06. The number of likely N-dealkylation sites (tertiary alicyclic amines) is 1. The minimum atomic E-state index is -0.148. The Morgan fingerprint density at radius 1 is 1.06 bits per heavy atom. The van der Waals surface area contributed by atoms with E-state index in [9.17, 15) is 5.11 Å². The maximum Gasteiger partial charge on any atom is 0.0746 e. The Bertz CT molecular complexity index is 272. The second kappa shape index (κ2) is 4.55. The summed E-state index contributed by atoms with van der Waals surface area (Å²) < 4.78 is 0. The van der Waals surface area contributed by atoms with Crippen LogP contribution in [0.4, 0.5) is 0 Å². The van der Waals surface area contributed by atoms with Gasteiger partial charge in [-0.05, 0) is 43.1 Å². The van der Waals surface area contributed by atoms with Crippen LogP contribution in [0.5, 0.6) is 0 Å². The van der Waals surface area contributed by atoms with Crippen LogP contribution < -0.4 is 0 Å². The highest BCUT2D eigenvalue weighted by atomic mass is 16.3. The highest BCUT2D eigenvalue weighted by Crippen LogP contribution is 2.40. The Kier molecular flexibility index (Phi) is 3.57. The van der Waals surface area contributed by atoms with Crippen molar-refractivity contribution in [1.29, 1.82) is 0 Å². The van der Waals surface area contributed by atoms with E-state index in [1.807, 2.05) is 0 Å². The maximum absolute atomic E-state index is 10.6. The molecule has 2 rings (SSSR count). The molecule has 2 aliphatic rings. The van der Waals surface area contributed by atoms with Gasteiger partial charge in [-0.1, -0.05) is 34.1 Å². The number of piperidine rings is 1. The second-order valence-corrected chi connectivity index (χ2v) is 7.63. The third-order valence-corrected chi connectivity index (χ3v) is 4.89. The van der Waals surface area contributed by atoms with Crippen LogP contribution in [0.1, 0.15) is 59.8 Å². The van der Waals surface area contributed by atoms with Gasteiger partial charge in [0.05, 0.1) is 6.10 Å². The maximum atomic E-state index is 10.6. The minimum Gasteiger partial charge on any atom is -0.391 e. The molecule has 17 heavy (non-hydrogen) atoms. The van der Waals surface area contributed by atoms with E-state index in [1.54, 1.807) is 0 Å². The largest absolute Gasteiger partial charge is 0.391 e. The zero-order chi connectivity index (χ0) is 12.7. The number of nitrogens with zero attached hydrogens (tertiary/aromatic N) is 1. The Labute approximate surface area is 106 Å². The third kappa shape index (κ3) is 2.85. The van der Waals surface area contributed by atoms with E-state index < -0.39 is 0 Å². The lowest BCUT2D eigenvalue weighted by molar-refractivity contribution is -0.0739. The molecule has 1 N–H and O–H groups in total. The Morgan fingerprint density at radius 3 is 2.41 bits per heavy atom. The summed E-state index contributed by atoms with van der Waals surface area (Å²) in [4.78, 5) is 2.56. The van der Waals surface area contributed by atoms with E-state index in [-0.39, 0.29) is 11.5 Å². The summed E-state index contributed by atoms with van der Waals surface area (Å²) in [5, 5.41) is 10.6. The van der Waals surface area contributed by atoms with E-state index >= 15 is 0 Å². The molecule has 2 atom stereocenters. The summed E-state index contributed by atoms with van der Waals surface area (Å²) >= 11 is 0. The van der Waals surface area contributed by atoms with Crippen LogP contribution in [0.15, 0.2) is 0 Å². The molecule has 2 fully saturated rings. The van der Waals surface area contributed by atoms with Gasteiger partial charge in [0, 0.05) is 12.6 Å². The molecule has 0 amide bonds. The monoisotopic (exact) mass is 239 g/mol. The number of rotatable bonds is 1. The van der Waals surface area contributed by atoms with Gasteiger partial charge in [0.25, 0.3) is 0 Å². The molecule has 0 aromatic carbocycles. The SMILES string of the molecule is CC1(C)CCCN(C2CCCC(C)(C)C2O)C1. The fourth-order valence-electron chi connectivity index (χ4n) is 3.73. The van der Waals surface area contributed by atoms with E-state index in [1.165, 1.54) is 38.6 Å². The van der Waals surface area contributed by atoms with E-state index in [0.717, 1.165) is 6.54 Å². The normalized spacial score (nSPS) is 37.9. The second-order valence-electron chi connectivity index (χ2n) is 7.63. The van der Waals surface area contributed by atoms with Gasteiger partial charge in [0.2, 0.25) is 0 Å². The zero-order valence-electron chi connectivity index (χ0n) is 12.0. The highest BCUT2D eigenvalue weighted by Gasteiger charge is 2.42. The van der Waals surface area contributed by atoms with Crippen molar-refractivity contribution in [2.24, 2.45) is 10.8 Å². The van der Waals surface area contributed by atoms with Gasteiger partial charge in [-0.25, -0.2) is 0 Å². The summed E-state index contributed by atoms with van der Waals surface area (Å²) in [5.41, 5.74) is 0.532. The number of aliphatic hydroxyl groups excluding tert-OH is 1. The van der Waals surface area contributed by atoms with Gasteiger partial charge in [0.1, 0.15) is 0 Å². The number of hydrogen-bond acceptors (Lipinski definition) is 2. The van der Waals surface area contributed by atoms with Crippen LogP contribution in [-0.4, -0.2) is 35.2 Å². The van der Waals surface area contributed by atoms with Crippen LogP contribution >= 0.6 is 0 Å². The van der Waals surface area contributed by atoms with Crippen LogP contribution in [-0.2, 0) is 0 Å². The van der Waals surface area contributed by atoms with Crippen molar-refractivity contribution >= 4 is 0 Å². The predicted octanol–water partition coefficient (Wildman–Crippen LogP) is 3.05. The first-order valence-electron chi connectivity index (χ1n) is 7.24. The smallest absolute Gasteiger partial charge is 0.0746 e. The van der Waals surface area contributed by atoms with Crippen molar-refractivity contribution < 1.29 is 5.11 Å². The molecule has 1 saturated carbocycles. The highest BCUT2D eigenvalue weighted by molar-refractivity contribution is 4.95. The minimum absolute atomic E-state index is 0.102. The van der Waals surface area contributed by atoms with Crippen molar-refractivity contribution in [3.8, 4) is 0 Å². The molecule has 2 nitrogen and oxygen atoms in total. The van der Waals surface area contributed by atoms with Crippen LogP contribution in [0, 0.1) is 10.8 Å². The van der Waals surface area contributed by atoms with Gasteiger partial charge < -0.3 is 5.11 Å². The van der Waals surface area contributed by atoms with Crippen molar-refractivity contribution in [1.82, 2.24) is 4.90 Å². The quantitative estimate of drug-likeness (QED) is 0.760. The number of aliphatic hydroxyl groups is 1. The van der Waals surface area contributed by atoms with Crippen molar-refractivity contribution in [3.63, 3.8) is 0 Å². The molecular formula is C15H29NO. The molecule has 2 heteroatoms. The van der Waals surface area contributed by atoms with Gasteiger partial charge in [-0.3, -0.25) is 4.90 Å². The summed E-state index contributed by atoms with van der Waals surface area (Å²) in [6.45, 7) is 11.5. The molecule has 0 spiro atoms. The molecule has 1 aliphatic carbocycles. The standard InChI is InChI=1S/C15H29NO/c1-14(2)8-6-10-16(11-14)12-7-5-9-15(3,4)13(12)17/h12-13,17H,5-11H2,1-4H3. The van der Waals surface area contributed by atoms with Gasteiger partial charge in [-0.2, -0.15) is 0 Å². The molecule has 1 heterocycles. The molecule has 0 radical (unpaired) electrons.